The molecule has 15 nitrogen and oxygen atoms in total. The van der Waals surface area contributed by atoms with Gasteiger partial charge in [-0.3, -0.25) is 14.6 Å². The number of likely N-dealkylation sites (tertiary alicyclic amines) is 2. The Hall–Kier alpha value is -4.87. The summed E-state index contributed by atoms with van der Waals surface area (Å²) in [5, 5.41) is 3.71. The van der Waals surface area contributed by atoms with Crippen LogP contribution in [0.1, 0.15) is 95.0 Å². The number of hydrogen-bond acceptors (Lipinski definition) is 14. The van der Waals surface area contributed by atoms with Crippen LogP contribution in [0.25, 0.3) is 5.57 Å². The summed E-state index contributed by atoms with van der Waals surface area (Å²) in [7, 11) is -11.0. The summed E-state index contributed by atoms with van der Waals surface area (Å²) in [6.45, 7) is 19.6. The number of hydrogen-bond donors (Lipinski definition) is 2. The standard InChI is InChI=1S/C61H79ClF3N7O8S3/c1-58(2,3)80-57(74)72-30-25-60(26-31-72)23-28-70(29-24-60)44-59(4)22-20-53(45-10-14-48(62)15-11-45)47(41-59)42-69-32-34-71(35-33-69)50-16-12-46(13-17-50)56(73)67-83(77,78)52-18-19-54(55(40-52)82(75,76)61(63,64)65)66-49(21-27-68-36-38-79-39-37-68)43-81-51-8-6-5-7-9-51/h5-19,40,49,66H,20-39,41-44H2,1-4H3,(H,67,73)/t49-,59?/m1/s1. The van der Waals surface area contributed by atoms with Crippen LogP contribution in [0, 0.1) is 10.8 Å². The fourth-order valence-electron chi connectivity index (χ4n) is 12.2. The number of morpholine rings is 1. The van der Waals surface area contributed by atoms with Crippen LogP contribution in [0.4, 0.5) is 29.3 Å². The molecule has 1 unspecified atom stereocenters. The van der Waals surface area contributed by atoms with Crippen LogP contribution in [-0.2, 0) is 29.3 Å². The third kappa shape index (κ3) is 16.4. The molecule has 2 atom stereocenters. The highest BCUT2D eigenvalue weighted by atomic mass is 35.5. The Balaban J connectivity index is 0.813. The molecule has 0 saturated carbocycles. The number of nitrogens with zero attached hydrogens (tertiary/aromatic N) is 5. The van der Waals surface area contributed by atoms with Crippen molar-refractivity contribution in [1.82, 2.24) is 24.3 Å². The molecule has 4 aromatic carbocycles. The number of sulfone groups is 1. The minimum atomic E-state index is -6.08. The fraction of sp³-hybridized carbons (Fsp3) is 0.541. The average molecular weight is 1230 g/mol. The van der Waals surface area contributed by atoms with Gasteiger partial charge in [-0.2, -0.15) is 13.2 Å². The summed E-state index contributed by atoms with van der Waals surface area (Å²) in [6.07, 6.45) is 7.58. The molecule has 0 bridgehead atoms. The first kappa shape index (κ1) is 62.7. The molecule has 22 heteroatoms. The number of anilines is 2. The van der Waals surface area contributed by atoms with Gasteiger partial charge in [-0.05, 0) is 174 Å². The van der Waals surface area contributed by atoms with Gasteiger partial charge in [0, 0.05) is 105 Å². The molecule has 2 amide bonds. The van der Waals surface area contributed by atoms with E-state index in [0.717, 1.165) is 120 Å². The number of carbonyl (C=O) groups is 2. The number of nitrogens with one attached hydrogen (secondary N) is 2. The second kappa shape index (κ2) is 26.4. The Morgan fingerprint density at radius 2 is 1.42 bits per heavy atom. The Morgan fingerprint density at radius 1 is 0.771 bits per heavy atom. The third-order valence-electron chi connectivity index (χ3n) is 17.1. The molecule has 1 aliphatic carbocycles. The minimum Gasteiger partial charge on any atom is -0.444 e. The predicted octanol–water partition coefficient (Wildman–Crippen LogP) is 10.9. The molecule has 0 aromatic heterocycles. The lowest BCUT2D eigenvalue weighted by Crippen LogP contribution is -2.50. The highest BCUT2D eigenvalue weighted by Gasteiger charge is 2.49. The molecular formula is C61H79ClF3N7O8S3. The van der Waals surface area contributed by atoms with Crippen molar-refractivity contribution in [3.05, 3.63) is 119 Å². The lowest BCUT2D eigenvalue weighted by molar-refractivity contribution is -0.0436. The van der Waals surface area contributed by atoms with Crippen LogP contribution in [0.15, 0.2) is 117 Å². The summed E-state index contributed by atoms with van der Waals surface area (Å²) >= 11 is 7.81. The zero-order valence-corrected chi connectivity index (χ0v) is 51.2. The van der Waals surface area contributed by atoms with E-state index in [0.29, 0.717) is 69.2 Å². The smallest absolute Gasteiger partial charge is 0.444 e. The molecule has 9 rings (SSSR count). The maximum Gasteiger partial charge on any atom is 0.501 e. The number of ether oxygens (including phenoxy) is 2. The Bertz CT molecular complexity index is 3140. The highest BCUT2D eigenvalue weighted by Crippen LogP contribution is 2.47. The Morgan fingerprint density at radius 3 is 2.06 bits per heavy atom. The van der Waals surface area contributed by atoms with Crippen LogP contribution >= 0.6 is 23.4 Å². The molecule has 83 heavy (non-hydrogen) atoms. The van der Waals surface area contributed by atoms with E-state index < -0.39 is 58.4 Å². The molecule has 4 saturated heterocycles. The lowest BCUT2D eigenvalue weighted by Gasteiger charge is -2.49. The summed E-state index contributed by atoms with van der Waals surface area (Å²) in [6, 6.07) is 25.9. The van der Waals surface area contributed by atoms with Gasteiger partial charge in [0.25, 0.3) is 25.8 Å². The number of benzene rings is 4. The average Bonchev–Trinajstić information content (AvgIpc) is 3.46. The zero-order chi connectivity index (χ0) is 59.2. The summed E-state index contributed by atoms with van der Waals surface area (Å²) in [5.41, 5.74) is -1.43. The van der Waals surface area contributed by atoms with Crippen molar-refractivity contribution in [1.29, 1.82) is 0 Å². The van der Waals surface area contributed by atoms with Gasteiger partial charge >= 0.3 is 11.6 Å². The number of alkyl halides is 3. The predicted molar refractivity (Wildman–Crippen MR) is 321 cm³/mol. The van der Waals surface area contributed by atoms with Gasteiger partial charge in [-0.15, -0.1) is 11.8 Å². The number of allylic oxidation sites excluding steroid dienone is 1. The van der Waals surface area contributed by atoms with E-state index in [1.807, 2.05) is 72.9 Å². The van der Waals surface area contributed by atoms with Gasteiger partial charge in [-0.1, -0.05) is 54.4 Å². The normalized spacial score (nSPS) is 21.2. The van der Waals surface area contributed by atoms with E-state index >= 15 is 0 Å². The van der Waals surface area contributed by atoms with Gasteiger partial charge in [-0.25, -0.2) is 26.4 Å². The van der Waals surface area contributed by atoms with E-state index in [-0.39, 0.29) is 22.5 Å². The fourth-order valence-corrected chi connectivity index (χ4v) is 15.4. The summed E-state index contributed by atoms with van der Waals surface area (Å²) < 4.78 is 110. The van der Waals surface area contributed by atoms with Crippen molar-refractivity contribution in [3.63, 3.8) is 0 Å². The third-order valence-corrected chi connectivity index (χ3v) is 21.3. The van der Waals surface area contributed by atoms with Crippen LogP contribution in [0.3, 0.4) is 0 Å². The van der Waals surface area contributed by atoms with E-state index in [1.54, 1.807) is 12.1 Å². The highest BCUT2D eigenvalue weighted by molar-refractivity contribution is 7.99. The van der Waals surface area contributed by atoms with Gasteiger partial charge in [0.1, 0.15) is 10.5 Å². The molecule has 4 fully saturated rings. The molecule has 4 heterocycles. The van der Waals surface area contributed by atoms with Crippen LogP contribution < -0.4 is 14.9 Å². The second-order valence-corrected chi connectivity index (χ2v) is 29.5. The number of rotatable bonds is 18. The van der Waals surface area contributed by atoms with Crippen molar-refractivity contribution >= 4 is 72.2 Å². The number of halogens is 4. The summed E-state index contributed by atoms with van der Waals surface area (Å²) in [5.74, 6) is -0.671. The van der Waals surface area contributed by atoms with Crippen molar-refractivity contribution in [2.24, 2.45) is 10.8 Å². The number of piperidine rings is 2. The second-order valence-electron chi connectivity index (χ2n) is 24.4. The van der Waals surface area contributed by atoms with Crippen molar-refractivity contribution in [3.8, 4) is 0 Å². The van der Waals surface area contributed by atoms with Crippen LogP contribution in [0.2, 0.25) is 5.02 Å². The molecule has 0 radical (unpaired) electrons. The molecule has 2 N–H and O–H groups in total. The van der Waals surface area contributed by atoms with Crippen molar-refractivity contribution in [2.75, 3.05) is 114 Å². The number of thioether (sulfide) groups is 1. The molecule has 4 aliphatic heterocycles. The molecule has 1 spiro atoms. The van der Waals surface area contributed by atoms with Gasteiger partial charge in [0.15, 0.2) is 0 Å². The number of carbonyl (C=O) groups excluding carboxylic acids is 2. The van der Waals surface area contributed by atoms with Crippen molar-refractivity contribution < 1.29 is 49.1 Å². The lowest BCUT2D eigenvalue weighted by atomic mass is 9.69. The van der Waals surface area contributed by atoms with Gasteiger partial charge in [0.05, 0.1) is 23.8 Å². The van der Waals surface area contributed by atoms with Gasteiger partial charge < -0.3 is 29.5 Å². The largest absolute Gasteiger partial charge is 0.501 e. The topological polar surface area (TPSA) is 161 Å². The molecular weight excluding hydrogens is 1150 g/mol. The number of piperazine rings is 1. The maximum absolute atomic E-state index is 14.3. The van der Waals surface area contributed by atoms with E-state index in [2.05, 4.69) is 44.0 Å². The molecule has 452 valence electrons. The van der Waals surface area contributed by atoms with Crippen LogP contribution in [-0.4, -0.2) is 170 Å². The minimum absolute atomic E-state index is 0.0110. The Kier molecular flexibility index (Phi) is 19.9. The first-order valence-corrected chi connectivity index (χ1v) is 33.2. The molecule has 5 aliphatic rings. The number of amides is 2. The molecule has 4 aromatic rings. The van der Waals surface area contributed by atoms with Crippen LogP contribution in [0.5, 0.6) is 0 Å². The summed E-state index contributed by atoms with van der Waals surface area (Å²) in [4.78, 5) is 36.6. The van der Waals surface area contributed by atoms with E-state index in [1.165, 1.54) is 40.6 Å². The van der Waals surface area contributed by atoms with Gasteiger partial charge in [0.2, 0.25) is 0 Å². The van der Waals surface area contributed by atoms with E-state index in [4.69, 9.17) is 21.1 Å². The zero-order valence-electron chi connectivity index (χ0n) is 48.0. The monoisotopic (exact) mass is 1230 g/mol. The quantitative estimate of drug-likeness (QED) is 0.0906. The SMILES string of the molecule is CC1(CN2CCC3(CC2)CCN(C(=O)OC(C)(C)C)CC3)CCC(c2ccc(Cl)cc2)=C(CN2CCN(c3ccc(C(=O)NS(=O)(=O)c4ccc(N[C@H](CCN5CCOCC5)CSc5ccccc5)c(S(=O)(=O)C(F)(F)F)c4)cc3)CC2)C1. The Labute approximate surface area is 497 Å². The van der Waals surface area contributed by atoms with Crippen molar-refractivity contribution in [2.45, 2.75) is 111 Å². The maximum atomic E-state index is 14.3. The number of sulfonamides is 1. The first-order chi connectivity index (χ1) is 39.3. The van der Waals surface area contributed by atoms with E-state index in [9.17, 15) is 39.6 Å². The first-order valence-electron chi connectivity index (χ1n) is 28.9.